The minimum Gasteiger partial charge on any atom is -0.497 e. The third kappa shape index (κ3) is 3.43. The van der Waals surface area contributed by atoms with Crippen molar-refractivity contribution in [3.8, 4) is 5.75 Å². The third-order valence-corrected chi connectivity index (χ3v) is 7.76. The van der Waals surface area contributed by atoms with E-state index >= 15 is 0 Å². The molecule has 1 heterocycles. The van der Waals surface area contributed by atoms with Gasteiger partial charge in [-0.1, -0.05) is 24.3 Å². The number of anilines is 2. The van der Waals surface area contributed by atoms with Crippen LogP contribution >= 0.6 is 0 Å². The van der Waals surface area contributed by atoms with Crippen molar-refractivity contribution in [2.24, 2.45) is 0 Å². The standard InChI is InChI=1S/C26H19FN2O5S/c1-28-22-14-15-23(19-7-5-8-20(24(19)22)25(28)30)35(32,33)29(16-10-12-17(34-2)13-11-16)26(31)18-6-3-4-9-21(18)27/h3-15H,1-2H3. The molecule has 9 heteroatoms. The molecule has 0 aromatic heterocycles. The Balaban J connectivity index is 1.76. The lowest BCUT2D eigenvalue weighted by Gasteiger charge is -2.24. The lowest BCUT2D eigenvalue weighted by molar-refractivity contribution is 0.0992. The lowest BCUT2D eigenvalue weighted by Crippen LogP contribution is -2.37. The summed E-state index contributed by atoms with van der Waals surface area (Å²) in [4.78, 5) is 27.4. The maximum Gasteiger partial charge on any atom is 0.275 e. The number of rotatable bonds is 5. The van der Waals surface area contributed by atoms with Crippen LogP contribution in [0.4, 0.5) is 15.8 Å². The summed E-state index contributed by atoms with van der Waals surface area (Å²) in [5.74, 6) is -1.70. The highest BCUT2D eigenvalue weighted by Gasteiger charge is 2.36. The number of methoxy groups -OCH3 is 1. The first kappa shape index (κ1) is 22.5. The Bertz CT molecular complexity index is 1620. The molecule has 0 N–H and O–H groups in total. The Morgan fingerprint density at radius 1 is 0.943 bits per heavy atom. The Labute approximate surface area is 201 Å². The van der Waals surface area contributed by atoms with Gasteiger partial charge in [0, 0.05) is 23.4 Å². The predicted octanol–water partition coefficient (Wildman–Crippen LogP) is 4.61. The summed E-state index contributed by atoms with van der Waals surface area (Å²) in [5.41, 5.74) is 0.549. The lowest BCUT2D eigenvalue weighted by atomic mass is 10.1. The summed E-state index contributed by atoms with van der Waals surface area (Å²) >= 11 is 0. The highest BCUT2D eigenvalue weighted by molar-refractivity contribution is 7.93. The van der Waals surface area contributed by atoms with Gasteiger partial charge in [-0.3, -0.25) is 9.59 Å². The molecule has 1 aliphatic rings. The van der Waals surface area contributed by atoms with Crippen LogP contribution in [-0.4, -0.2) is 34.4 Å². The fourth-order valence-corrected chi connectivity index (χ4v) is 5.86. The molecule has 0 bridgehead atoms. The molecule has 7 nitrogen and oxygen atoms in total. The number of halogens is 1. The summed E-state index contributed by atoms with van der Waals surface area (Å²) in [6, 6.07) is 18.7. The van der Waals surface area contributed by atoms with Crippen LogP contribution in [0.2, 0.25) is 0 Å². The predicted molar refractivity (Wildman–Crippen MR) is 130 cm³/mol. The largest absolute Gasteiger partial charge is 0.497 e. The van der Waals surface area contributed by atoms with Crippen molar-refractivity contribution in [2.75, 3.05) is 23.4 Å². The molecule has 4 aromatic carbocycles. The Kier molecular flexibility index (Phi) is 5.29. The molecule has 0 unspecified atom stereocenters. The second kappa shape index (κ2) is 8.21. The van der Waals surface area contributed by atoms with E-state index in [0.29, 0.717) is 26.7 Å². The van der Waals surface area contributed by atoms with E-state index in [1.54, 1.807) is 25.2 Å². The van der Waals surface area contributed by atoms with E-state index in [1.165, 1.54) is 66.6 Å². The maximum absolute atomic E-state index is 14.6. The summed E-state index contributed by atoms with van der Waals surface area (Å²) in [6.07, 6.45) is 0. The molecule has 0 radical (unpaired) electrons. The Hall–Kier alpha value is -4.24. The fraction of sp³-hybridized carbons (Fsp3) is 0.0769. The van der Waals surface area contributed by atoms with Crippen LogP contribution in [0, 0.1) is 5.82 Å². The van der Waals surface area contributed by atoms with Crippen molar-refractivity contribution in [3.05, 3.63) is 95.8 Å². The molecule has 176 valence electrons. The number of hydrogen-bond donors (Lipinski definition) is 0. The number of nitrogens with zero attached hydrogens (tertiary/aromatic N) is 2. The molecule has 0 aliphatic carbocycles. The van der Waals surface area contributed by atoms with E-state index in [0.717, 1.165) is 6.07 Å². The van der Waals surface area contributed by atoms with Crippen LogP contribution in [0.5, 0.6) is 5.75 Å². The SMILES string of the molecule is COc1ccc(N(C(=O)c2ccccc2F)S(=O)(=O)c2ccc3c4c(cccc24)C(=O)N3C)cc1. The fourth-order valence-electron chi connectivity index (χ4n) is 4.26. The van der Waals surface area contributed by atoms with Crippen molar-refractivity contribution in [2.45, 2.75) is 4.90 Å². The Morgan fingerprint density at radius 3 is 2.34 bits per heavy atom. The number of benzene rings is 4. The van der Waals surface area contributed by atoms with Crippen LogP contribution < -0.4 is 13.9 Å². The van der Waals surface area contributed by atoms with Crippen LogP contribution in [0.1, 0.15) is 20.7 Å². The topological polar surface area (TPSA) is 84.0 Å². The average molecular weight is 491 g/mol. The average Bonchev–Trinajstić information content (AvgIpc) is 3.11. The number of hydrogen-bond acceptors (Lipinski definition) is 5. The summed E-state index contributed by atoms with van der Waals surface area (Å²) in [6.45, 7) is 0. The number of amides is 2. The number of sulfonamides is 1. The first-order valence-electron chi connectivity index (χ1n) is 10.6. The number of ether oxygens (including phenoxy) is 1. The first-order chi connectivity index (χ1) is 16.8. The second-order valence-electron chi connectivity index (χ2n) is 7.93. The summed E-state index contributed by atoms with van der Waals surface area (Å²) in [7, 11) is -1.49. The molecule has 0 fully saturated rings. The van der Waals surface area contributed by atoms with Crippen LogP contribution in [-0.2, 0) is 10.0 Å². The summed E-state index contributed by atoms with van der Waals surface area (Å²) in [5, 5.41) is 0.770. The molecule has 35 heavy (non-hydrogen) atoms. The van der Waals surface area contributed by atoms with Crippen molar-refractivity contribution < 1.29 is 27.1 Å². The van der Waals surface area contributed by atoms with Gasteiger partial charge in [0.05, 0.1) is 28.9 Å². The zero-order valence-corrected chi connectivity index (χ0v) is 19.5. The van der Waals surface area contributed by atoms with Gasteiger partial charge in [0.25, 0.3) is 21.8 Å². The number of carbonyl (C=O) groups is 2. The van der Waals surface area contributed by atoms with E-state index in [-0.39, 0.29) is 21.9 Å². The van der Waals surface area contributed by atoms with Gasteiger partial charge in [-0.05, 0) is 54.6 Å². The molecule has 0 spiro atoms. The minimum absolute atomic E-state index is 0.00972. The van der Waals surface area contributed by atoms with Crippen LogP contribution in [0.3, 0.4) is 0 Å². The van der Waals surface area contributed by atoms with Crippen LogP contribution in [0.25, 0.3) is 10.8 Å². The zero-order valence-electron chi connectivity index (χ0n) is 18.7. The maximum atomic E-state index is 14.6. The third-order valence-electron chi connectivity index (χ3n) is 5.99. The van der Waals surface area contributed by atoms with Gasteiger partial charge in [0.2, 0.25) is 0 Å². The van der Waals surface area contributed by atoms with E-state index in [1.807, 2.05) is 0 Å². The monoisotopic (exact) mass is 490 g/mol. The van der Waals surface area contributed by atoms with Gasteiger partial charge in [0.15, 0.2) is 0 Å². The quantitative estimate of drug-likeness (QED) is 0.408. The normalized spacial score (nSPS) is 12.8. The molecular weight excluding hydrogens is 471 g/mol. The second-order valence-corrected chi connectivity index (χ2v) is 9.68. The van der Waals surface area contributed by atoms with Gasteiger partial charge < -0.3 is 9.64 Å². The smallest absolute Gasteiger partial charge is 0.275 e. The van der Waals surface area contributed by atoms with Gasteiger partial charge in [-0.2, -0.15) is 4.31 Å². The highest BCUT2D eigenvalue weighted by atomic mass is 32.2. The molecule has 5 rings (SSSR count). The van der Waals surface area contributed by atoms with Crippen molar-refractivity contribution in [1.82, 2.24) is 0 Å². The molecule has 2 amide bonds. The highest BCUT2D eigenvalue weighted by Crippen LogP contribution is 2.41. The van der Waals surface area contributed by atoms with Gasteiger partial charge in [-0.25, -0.2) is 12.8 Å². The summed E-state index contributed by atoms with van der Waals surface area (Å²) < 4.78 is 48.5. The molecule has 0 atom stereocenters. The van der Waals surface area contributed by atoms with Crippen molar-refractivity contribution >= 4 is 44.0 Å². The zero-order chi connectivity index (χ0) is 24.9. The van der Waals surface area contributed by atoms with E-state index in [9.17, 15) is 22.4 Å². The molecule has 4 aromatic rings. The van der Waals surface area contributed by atoms with E-state index in [2.05, 4.69) is 0 Å². The molecule has 0 saturated carbocycles. The Morgan fingerprint density at radius 2 is 1.66 bits per heavy atom. The van der Waals surface area contributed by atoms with Gasteiger partial charge >= 0.3 is 0 Å². The van der Waals surface area contributed by atoms with Crippen molar-refractivity contribution in [3.63, 3.8) is 0 Å². The van der Waals surface area contributed by atoms with E-state index < -0.39 is 27.3 Å². The van der Waals surface area contributed by atoms with Crippen LogP contribution in [0.15, 0.2) is 83.8 Å². The molecule has 0 saturated heterocycles. The molecule has 1 aliphatic heterocycles. The van der Waals surface area contributed by atoms with Crippen molar-refractivity contribution in [1.29, 1.82) is 0 Å². The van der Waals surface area contributed by atoms with Gasteiger partial charge in [-0.15, -0.1) is 0 Å². The van der Waals surface area contributed by atoms with Gasteiger partial charge in [0.1, 0.15) is 11.6 Å². The van der Waals surface area contributed by atoms with E-state index in [4.69, 9.17) is 4.74 Å². The first-order valence-corrected chi connectivity index (χ1v) is 12.0. The molecular formula is C26H19FN2O5S. The minimum atomic E-state index is -4.56. The number of carbonyl (C=O) groups excluding carboxylic acids is 2.